The molecule has 0 saturated heterocycles. The summed E-state index contributed by atoms with van der Waals surface area (Å²) in [6.45, 7) is 2.05. The van der Waals surface area contributed by atoms with Crippen molar-refractivity contribution in [2.24, 2.45) is 7.05 Å². The van der Waals surface area contributed by atoms with Gasteiger partial charge in [-0.15, -0.1) is 0 Å². The highest BCUT2D eigenvalue weighted by atomic mass is 79.9. The van der Waals surface area contributed by atoms with Crippen LogP contribution < -0.4 is 5.73 Å². The van der Waals surface area contributed by atoms with Crippen molar-refractivity contribution in [2.45, 2.75) is 24.0 Å². The maximum atomic E-state index is 12.4. The molecule has 2 rings (SSSR count). The van der Waals surface area contributed by atoms with Crippen molar-refractivity contribution in [1.29, 1.82) is 0 Å². The summed E-state index contributed by atoms with van der Waals surface area (Å²) in [5.41, 5.74) is 8.40. The Balaban J connectivity index is 2.25. The van der Waals surface area contributed by atoms with E-state index in [9.17, 15) is 4.21 Å². The molecule has 1 aromatic carbocycles. The summed E-state index contributed by atoms with van der Waals surface area (Å²) < 4.78 is 15.1. The SMILES string of the molecule is CCc1cc(CS(=O)c2cc(Br)ccc2N)n(C)n1. The molecular weight excluding hydrogens is 326 g/mol. The second kappa shape index (κ2) is 5.88. The number of nitrogens with two attached hydrogens (primary N) is 1. The van der Waals surface area contributed by atoms with Crippen LogP contribution in [0.25, 0.3) is 0 Å². The number of aryl methyl sites for hydroxylation is 2. The Morgan fingerprint density at radius 2 is 2.16 bits per heavy atom. The van der Waals surface area contributed by atoms with Crippen molar-refractivity contribution in [3.63, 3.8) is 0 Å². The van der Waals surface area contributed by atoms with Gasteiger partial charge in [-0.2, -0.15) is 5.10 Å². The smallest absolute Gasteiger partial charge is 0.0703 e. The summed E-state index contributed by atoms with van der Waals surface area (Å²) in [5.74, 6) is 0.421. The molecule has 0 aliphatic rings. The summed E-state index contributed by atoms with van der Waals surface area (Å²) in [6, 6.07) is 7.40. The number of nitrogen functional groups attached to an aromatic ring is 1. The average Bonchev–Trinajstić information content (AvgIpc) is 2.73. The number of aromatic nitrogens is 2. The van der Waals surface area contributed by atoms with Crippen molar-refractivity contribution in [3.8, 4) is 0 Å². The van der Waals surface area contributed by atoms with E-state index in [0.29, 0.717) is 16.3 Å². The van der Waals surface area contributed by atoms with Gasteiger partial charge in [-0.1, -0.05) is 22.9 Å². The zero-order valence-electron chi connectivity index (χ0n) is 10.9. The van der Waals surface area contributed by atoms with Gasteiger partial charge in [0.1, 0.15) is 0 Å². The molecule has 2 aromatic rings. The lowest BCUT2D eigenvalue weighted by atomic mass is 10.3. The number of nitrogens with zero attached hydrogens (tertiary/aromatic N) is 2. The van der Waals surface area contributed by atoms with E-state index < -0.39 is 10.8 Å². The van der Waals surface area contributed by atoms with E-state index in [1.165, 1.54) is 0 Å². The van der Waals surface area contributed by atoms with Crippen LogP contribution in [0.2, 0.25) is 0 Å². The molecule has 0 aliphatic heterocycles. The maximum absolute atomic E-state index is 12.4. The first kappa shape index (κ1) is 14.3. The van der Waals surface area contributed by atoms with E-state index >= 15 is 0 Å². The standard InChI is InChI=1S/C13H16BrN3OS/c1-3-10-7-11(17(2)16-10)8-19(18)13-6-9(14)4-5-12(13)15/h4-7H,3,8,15H2,1-2H3. The average molecular weight is 342 g/mol. The number of rotatable bonds is 4. The zero-order chi connectivity index (χ0) is 14.0. The van der Waals surface area contributed by atoms with Gasteiger partial charge in [0.25, 0.3) is 0 Å². The van der Waals surface area contributed by atoms with Gasteiger partial charge in [0.15, 0.2) is 0 Å². The van der Waals surface area contributed by atoms with Crippen molar-refractivity contribution >= 4 is 32.4 Å². The molecule has 2 N–H and O–H groups in total. The highest BCUT2D eigenvalue weighted by Crippen LogP contribution is 2.23. The highest BCUT2D eigenvalue weighted by molar-refractivity contribution is 9.10. The molecule has 0 amide bonds. The predicted octanol–water partition coefficient (Wildman–Crippen LogP) is 2.64. The number of benzene rings is 1. The van der Waals surface area contributed by atoms with Gasteiger partial charge in [0.05, 0.1) is 32.8 Å². The molecule has 1 aromatic heterocycles. The number of anilines is 1. The maximum Gasteiger partial charge on any atom is 0.0703 e. The quantitative estimate of drug-likeness (QED) is 0.869. The Morgan fingerprint density at radius 3 is 2.79 bits per heavy atom. The van der Waals surface area contributed by atoms with Gasteiger partial charge < -0.3 is 5.73 Å². The fourth-order valence-corrected chi connectivity index (χ4v) is 3.59. The zero-order valence-corrected chi connectivity index (χ0v) is 13.3. The molecule has 102 valence electrons. The fourth-order valence-electron chi connectivity index (χ4n) is 1.80. The van der Waals surface area contributed by atoms with Crippen LogP contribution in [0, 0.1) is 0 Å². The van der Waals surface area contributed by atoms with Gasteiger partial charge >= 0.3 is 0 Å². The molecule has 19 heavy (non-hydrogen) atoms. The minimum atomic E-state index is -1.17. The second-order valence-corrected chi connectivity index (χ2v) is 6.61. The van der Waals surface area contributed by atoms with E-state index in [1.807, 2.05) is 25.2 Å². The van der Waals surface area contributed by atoms with Gasteiger partial charge in [0, 0.05) is 17.2 Å². The lowest BCUT2D eigenvalue weighted by Crippen LogP contribution is -2.05. The minimum Gasteiger partial charge on any atom is -0.398 e. The first-order chi connectivity index (χ1) is 9.01. The minimum absolute atomic E-state index is 0.421. The van der Waals surface area contributed by atoms with E-state index in [0.717, 1.165) is 22.3 Å². The van der Waals surface area contributed by atoms with E-state index in [2.05, 4.69) is 28.0 Å². The Hall–Kier alpha value is -1.14. The van der Waals surface area contributed by atoms with E-state index in [4.69, 9.17) is 5.73 Å². The normalized spacial score (nSPS) is 12.6. The number of halogens is 1. The summed E-state index contributed by atoms with van der Waals surface area (Å²) >= 11 is 3.37. The number of hydrogen-bond donors (Lipinski definition) is 1. The van der Waals surface area contributed by atoms with Crippen LogP contribution in [0.1, 0.15) is 18.3 Å². The molecule has 1 atom stereocenters. The summed E-state index contributed by atoms with van der Waals surface area (Å²) in [4.78, 5) is 0.661. The third kappa shape index (κ3) is 3.25. The van der Waals surface area contributed by atoms with Crippen LogP contribution in [0.5, 0.6) is 0 Å². The molecule has 0 bridgehead atoms. The van der Waals surface area contributed by atoms with Crippen molar-refractivity contribution in [1.82, 2.24) is 9.78 Å². The topological polar surface area (TPSA) is 60.9 Å². The summed E-state index contributed by atoms with van der Waals surface area (Å²) in [6.07, 6.45) is 0.875. The lowest BCUT2D eigenvalue weighted by Gasteiger charge is -2.06. The molecule has 0 radical (unpaired) electrons. The van der Waals surface area contributed by atoms with Crippen molar-refractivity contribution < 1.29 is 4.21 Å². The number of hydrogen-bond acceptors (Lipinski definition) is 3. The Kier molecular flexibility index (Phi) is 4.42. The molecule has 4 nitrogen and oxygen atoms in total. The van der Waals surface area contributed by atoms with Crippen LogP contribution in [-0.4, -0.2) is 14.0 Å². The molecule has 1 heterocycles. The van der Waals surface area contributed by atoms with Crippen molar-refractivity contribution in [2.75, 3.05) is 5.73 Å². The molecule has 0 saturated carbocycles. The largest absolute Gasteiger partial charge is 0.398 e. The summed E-state index contributed by atoms with van der Waals surface area (Å²) in [7, 11) is 0.700. The molecule has 0 fully saturated rings. The third-order valence-electron chi connectivity index (χ3n) is 2.89. The Morgan fingerprint density at radius 1 is 1.42 bits per heavy atom. The monoisotopic (exact) mass is 341 g/mol. The highest BCUT2D eigenvalue weighted by Gasteiger charge is 2.13. The van der Waals surface area contributed by atoms with Crippen LogP contribution in [0.15, 0.2) is 33.6 Å². The van der Waals surface area contributed by atoms with E-state index in [1.54, 1.807) is 10.7 Å². The molecule has 0 aliphatic carbocycles. The van der Waals surface area contributed by atoms with Gasteiger partial charge in [-0.25, -0.2) is 0 Å². The first-order valence-corrected chi connectivity index (χ1v) is 8.07. The van der Waals surface area contributed by atoms with Gasteiger partial charge in [-0.05, 0) is 30.7 Å². The van der Waals surface area contributed by atoms with Gasteiger partial charge in [0.2, 0.25) is 0 Å². The van der Waals surface area contributed by atoms with Crippen molar-refractivity contribution in [3.05, 3.63) is 40.1 Å². The molecule has 1 unspecified atom stereocenters. The predicted molar refractivity (Wildman–Crippen MR) is 81.3 cm³/mol. The van der Waals surface area contributed by atoms with Crippen LogP contribution >= 0.6 is 15.9 Å². The summed E-state index contributed by atoms with van der Waals surface area (Å²) in [5, 5.41) is 4.36. The third-order valence-corrected chi connectivity index (χ3v) is 4.78. The lowest BCUT2D eigenvalue weighted by molar-refractivity contribution is 0.675. The Labute approximate surface area is 123 Å². The van der Waals surface area contributed by atoms with Gasteiger partial charge in [-0.3, -0.25) is 8.89 Å². The Bertz CT molecular complexity index is 624. The van der Waals surface area contributed by atoms with Crippen LogP contribution in [0.4, 0.5) is 5.69 Å². The molecule has 0 spiro atoms. The fraction of sp³-hybridized carbons (Fsp3) is 0.308. The van der Waals surface area contributed by atoms with Crippen LogP contribution in [0.3, 0.4) is 0 Å². The molecular formula is C13H16BrN3OS. The first-order valence-electron chi connectivity index (χ1n) is 5.96. The van der Waals surface area contributed by atoms with E-state index in [-0.39, 0.29) is 0 Å². The van der Waals surface area contributed by atoms with Crippen LogP contribution in [-0.2, 0) is 30.0 Å². The molecule has 6 heteroatoms. The second-order valence-electron chi connectivity index (χ2n) is 4.28.